The maximum atomic E-state index is 17.1. The van der Waals surface area contributed by atoms with Gasteiger partial charge in [-0.3, -0.25) is 24.0 Å². The fraction of sp³-hybridized carbons (Fsp3) is 0.705. The van der Waals surface area contributed by atoms with E-state index in [9.17, 15) is 14.4 Å². The van der Waals surface area contributed by atoms with Gasteiger partial charge in [0.15, 0.2) is 33.3 Å². The van der Waals surface area contributed by atoms with Gasteiger partial charge >= 0.3 is 18.3 Å². The minimum Gasteiger partial charge on any atom is -0.544 e. The van der Waals surface area contributed by atoms with Gasteiger partial charge in [-0.15, -0.1) is 4.90 Å². The topological polar surface area (TPSA) is 265 Å². The summed E-state index contributed by atoms with van der Waals surface area (Å²) in [7, 11) is -16.3. The predicted octanol–water partition coefficient (Wildman–Crippen LogP) is 19.2. The Morgan fingerprint density at radius 2 is 0.880 bits per heavy atom. The van der Waals surface area contributed by atoms with Crippen molar-refractivity contribution >= 4 is 97.7 Å². The van der Waals surface area contributed by atoms with Crippen molar-refractivity contribution in [3.05, 3.63) is 95.6 Å². The lowest BCUT2D eigenvalue weighted by Crippen LogP contribution is -2.66. The number of likely N-dealkylation sites (tertiary alicyclic amines) is 2. The molecule has 0 bridgehead atoms. The highest BCUT2D eigenvalue weighted by atomic mass is 28.4. The molecule has 0 aromatic heterocycles. The summed E-state index contributed by atoms with van der Waals surface area (Å²) in [4.78, 5) is 130. The van der Waals surface area contributed by atoms with E-state index in [1.54, 1.807) is 48.5 Å². The van der Waals surface area contributed by atoms with Crippen molar-refractivity contribution < 1.29 is 79.1 Å². The summed E-state index contributed by atoms with van der Waals surface area (Å²) < 4.78 is 60.2. The standard InChI is InChI=1S/C88H152N6O17Si6/c1-58-55-93(71(72(58)111-117(37,38)88(24,25)26)77(99)94(79(101)104-81(3,4)5)80(102)105-82(6,7)8)76(98)69(59(2)106-112(27,28)83(9,10)11)90-74(96)70(68(110-116(35,36)87(21,22)23)53-61-46-50-64(51-47-61)108-114(31,32)85(15,16)17)91-73(95)67-54-65(109-115(33,34)86(18,19)20)56-92(67)75(97)66(89-78(100)103-57-62-42-40-39-41-43-62)52-60-44-48-63(49-45-60)107-113(29,30)84(12,13)14/h39-51,58-59,65-72H,52-57H2,1-38H3,(H,89,100)(H,90,96)(H,91,95)/t58-,59?,65+,66-,67-,68+,69-,70-,71-,72-/m0/s1. The van der Waals surface area contributed by atoms with Crippen LogP contribution in [0, 0.1) is 5.92 Å². The number of ether oxygens (including phenoxy) is 3. The molecule has 10 atom stereocenters. The van der Waals surface area contributed by atoms with Crippen LogP contribution in [-0.4, -0.2) is 191 Å². The van der Waals surface area contributed by atoms with Gasteiger partial charge < -0.3 is 66.5 Å². The summed E-state index contributed by atoms with van der Waals surface area (Å²) in [6.45, 7) is 75.5. The minimum atomic E-state index is -3.08. The normalized spacial score (nSPS) is 19.3. The van der Waals surface area contributed by atoms with E-state index in [4.69, 9.17) is 40.8 Å². The molecule has 3 N–H and O–H groups in total. The zero-order valence-electron chi connectivity index (χ0n) is 78.8. The molecule has 23 nitrogen and oxygen atoms in total. The summed E-state index contributed by atoms with van der Waals surface area (Å²) >= 11 is 0. The second-order valence-electron chi connectivity index (χ2n) is 43.8. The number of hydrogen-bond acceptors (Lipinski definition) is 17. The number of alkyl carbamates (subject to hydrolysis) is 1. The Labute approximate surface area is 709 Å². The summed E-state index contributed by atoms with van der Waals surface area (Å²) in [6.07, 6.45) is -7.88. The lowest BCUT2D eigenvalue weighted by molar-refractivity contribution is -0.149. The number of imide groups is 3. The molecule has 2 aliphatic rings. The third-order valence-corrected chi connectivity index (χ3v) is 52.2. The zero-order chi connectivity index (χ0) is 89.9. The molecule has 3 aromatic carbocycles. The first kappa shape index (κ1) is 102. The highest BCUT2D eigenvalue weighted by Gasteiger charge is 2.58. The molecule has 2 heterocycles. The molecule has 1 unspecified atom stereocenters. The van der Waals surface area contributed by atoms with Crippen LogP contribution in [0.3, 0.4) is 0 Å². The quantitative estimate of drug-likeness (QED) is 0.0450. The predicted molar refractivity (Wildman–Crippen MR) is 481 cm³/mol. The molecule has 0 radical (unpaired) electrons. The van der Waals surface area contributed by atoms with Crippen molar-refractivity contribution in [1.29, 1.82) is 0 Å². The molecule has 29 heteroatoms. The van der Waals surface area contributed by atoms with Crippen LogP contribution in [-0.2, 0) is 75.3 Å². The van der Waals surface area contributed by atoms with Crippen molar-refractivity contribution in [2.45, 2.75) is 381 Å². The molecule has 660 valence electrons. The first-order valence-corrected chi connectivity index (χ1v) is 59.3. The van der Waals surface area contributed by atoms with Crippen LogP contribution in [0.5, 0.6) is 11.5 Å². The van der Waals surface area contributed by atoms with Crippen LogP contribution in [0.15, 0.2) is 78.9 Å². The lowest BCUT2D eigenvalue weighted by Gasteiger charge is -2.43. The average molecular weight is 1730 g/mol. The SMILES string of the molecule is CC(O[Si](C)(C)C(C)(C)C)[C@H](NC(=O)[C@@H](NC(=O)[C@@H]1C[C@@H](O[Si](C)(C)C(C)(C)C)CN1C(=O)[C@H](Cc1ccc(O[Si](C)(C)C(C)(C)C)cc1)NC(=O)OCc1ccccc1)[C@@H](Cc1ccc(O[Si](C)(C)C(C)(C)C)cc1)O[Si](C)(C)C(C)(C)C)C(=O)N1C[C@H](C)[C@H](O[Si](C)(C)C(C)(C)C)[C@H]1C(=O)N(C(=O)OC(C)(C)C)C(=O)OC(C)(C)C. The van der Waals surface area contributed by atoms with E-state index in [0.29, 0.717) is 27.5 Å². The lowest BCUT2D eigenvalue weighted by atomic mass is 9.99. The number of nitrogens with zero attached hydrogens (tertiary/aromatic N) is 3. The number of hydrogen-bond donors (Lipinski definition) is 3. The van der Waals surface area contributed by atoms with E-state index in [-0.39, 0.29) is 54.1 Å². The Kier molecular flexibility index (Phi) is 32.4. The molecular weight excluding hydrogens is 1580 g/mol. The summed E-state index contributed by atoms with van der Waals surface area (Å²) in [5, 5.41) is 7.34. The van der Waals surface area contributed by atoms with Crippen molar-refractivity contribution in [3.63, 3.8) is 0 Å². The van der Waals surface area contributed by atoms with E-state index in [1.807, 2.05) is 167 Å². The van der Waals surface area contributed by atoms with Crippen molar-refractivity contribution in [2.24, 2.45) is 5.92 Å². The molecule has 0 aliphatic carbocycles. The molecular formula is C88H152N6O17Si6. The Bertz CT molecular complexity index is 3890. The Hall–Kier alpha value is -6.04. The summed E-state index contributed by atoms with van der Waals surface area (Å²) in [5.74, 6) is -3.56. The van der Waals surface area contributed by atoms with Gasteiger partial charge in [0.25, 0.3) is 5.91 Å². The molecule has 2 fully saturated rings. The fourth-order valence-corrected chi connectivity index (χ4v) is 19.7. The first-order valence-electron chi connectivity index (χ1n) is 41.9. The zero-order valence-corrected chi connectivity index (χ0v) is 84.8. The Morgan fingerprint density at radius 1 is 0.462 bits per heavy atom. The van der Waals surface area contributed by atoms with Gasteiger partial charge in [0.1, 0.15) is 59.5 Å². The van der Waals surface area contributed by atoms with Gasteiger partial charge in [-0.1, -0.05) is 186 Å². The third kappa shape index (κ3) is 27.2. The number of nitrogens with one attached hydrogen (secondary N) is 3. The molecule has 2 aliphatic heterocycles. The molecule has 117 heavy (non-hydrogen) atoms. The molecule has 8 amide bonds. The van der Waals surface area contributed by atoms with E-state index >= 15 is 24.0 Å². The van der Waals surface area contributed by atoms with Gasteiger partial charge in [-0.25, -0.2) is 14.4 Å². The second kappa shape index (κ2) is 37.3. The van der Waals surface area contributed by atoms with Crippen molar-refractivity contribution in [3.8, 4) is 11.5 Å². The maximum absolute atomic E-state index is 17.1. The number of carbonyl (C=O) groups is 8. The third-order valence-electron chi connectivity index (χ3n) is 25.4. The smallest absolute Gasteiger partial charge is 0.426 e. The van der Waals surface area contributed by atoms with Crippen LogP contribution in [0.4, 0.5) is 14.4 Å². The van der Waals surface area contributed by atoms with Crippen LogP contribution < -0.4 is 24.8 Å². The van der Waals surface area contributed by atoms with Gasteiger partial charge in [-0.05, 0) is 205 Å². The number of amides is 8. The van der Waals surface area contributed by atoms with Gasteiger partial charge in [-0.2, -0.15) is 0 Å². The van der Waals surface area contributed by atoms with Crippen LogP contribution >= 0.6 is 0 Å². The van der Waals surface area contributed by atoms with E-state index in [2.05, 4.69) is 138 Å². The Morgan fingerprint density at radius 3 is 1.31 bits per heavy atom. The van der Waals surface area contributed by atoms with Crippen molar-refractivity contribution in [2.75, 3.05) is 13.1 Å². The Balaban J connectivity index is 1.87. The minimum absolute atomic E-state index is 0.0129. The summed E-state index contributed by atoms with van der Waals surface area (Å²) in [6, 6.07) is 16.5. The highest BCUT2D eigenvalue weighted by Crippen LogP contribution is 2.46. The molecule has 3 aromatic rings. The monoisotopic (exact) mass is 1730 g/mol. The fourth-order valence-electron chi connectivity index (χ4n) is 12.1. The number of rotatable bonds is 28. The van der Waals surface area contributed by atoms with E-state index in [1.165, 1.54) is 9.80 Å². The number of benzene rings is 3. The van der Waals surface area contributed by atoms with Gasteiger partial charge in [0.2, 0.25) is 40.3 Å². The van der Waals surface area contributed by atoms with Gasteiger partial charge in [0.05, 0.1) is 24.4 Å². The van der Waals surface area contributed by atoms with Crippen LogP contribution in [0.1, 0.15) is 203 Å². The highest BCUT2D eigenvalue weighted by molar-refractivity contribution is 6.76. The van der Waals surface area contributed by atoms with Crippen LogP contribution in [0.25, 0.3) is 0 Å². The average Bonchev–Trinajstić information content (AvgIpc) is 1.63. The van der Waals surface area contributed by atoms with E-state index < -0.39 is 185 Å². The first-order chi connectivity index (χ1) is 52.6. The molecule has 0 saturated carbocycles. The molecule has 2 saturated heterocycles. The molecule has 0 spiro atoms. The van der Waals surface area contributed by atoms with E-state index in [0.717, 1.165) is 5.56 Å². The van der Waals surface area contributed by atoms with Gasteiger partial charge in [0, 0.05) is 31.8 Å². The maximum Gasteiger partial charge on any atom is 0.426 e. The largest absolute Gasteiger partial charge is 0.544 e. The van der Waals surface area contributed by atoms with Crippen LogP contribution in [0.2, 0.25) is 109 Å². The van der Waals surface area contributed by atoms with Crippen molar-refractivity contribution in [1.82, 2.24) is 30.7 Å². The molecule has 5 rings (SSSR count). The number of carbonyl (C=O) groups excluding carboxylic acids is 8. The summed E-state index contributed by atoms with van der Waals surface area (Å²) in [5.41, 5.74) is -0.343. The second-order valence-corrected chi connectivity index (χ2v) is 72.3.